The number of carbonyl (C=O) groups is 2. The molecule has 1 aliphatic heterocycles. The van der Waals surface area contributed by atoms with E-state index in [4.69, 9.17) is 4.74 Å². The minimum Gasteiger partial charge on any atom is -0.453 e. The first kappa shape index (κ1) is 18.1. The Hall–Kier alpha value is -2.70. The first-order chi connectivity index (χ1) is 12.4. The van der Waals surface area contributed by atoms with Crippen LogP contribution in [0.4, 0.5) is 10.5 Å². The van der Waals surface area contributed by atoms with Crippen LogP contribution in [0.3, 0.4) is 0 Å². The molecule has 7 heteroatoms. The summed E-state index contributed by atoms with van der Waals surface area (Å²) in [6.45, 7) is 2.34. The molecule has 1 saturated carbocycles. The third-order valence-electron chi connectivity index (χ3n) is 5.71. The van der Waals surface area contributed by atoms with Gasteiger partial charge in [0, 0.05) is 30.0 Å². The minimum absolute atomic E-state index is 0.0717. The molecule has 1 heterocycles. The van der Waals surface area contributed by atoms with Crippen molar-refractivity contribution in [2.75, 3.05) is 13.7 Å². The molecule has 1 fully saturated rings. The summed E-state index contributed by atoms with van der Waals surface area (Å²) in [6, 6.07) is 5.82. The number of nitro benzene ring substituents is 1. The molecule has 0 saturated heterocycles. The number of methoxy groups -OCH3 is 1. The number of amides is 1. The molecule has 0 N–H and O–H groups in total. The van der Waals surface area contributed by atoms with Crippen molar-refractivity contribution in [3.8, 4) is 0 Å². The predicted octanol–water partition coefficient (Wildman–Crippen LogP) is 3.44. The second-order valence-electron chi connectivity index (χ2n) is 6.82. The number of hydrogen-bond donors (Lipinski definition) is 0. The third kappa shape index (κ3) is 2.77. The topological polar surface area (TPSA) is 89.8 Å². The number of para-hydroxylation sites is 1. The first-order valence-electron chi connectivity index (χ1n) is 8.73. The second-order valence-corrected chi connectivity index (χ2v) is 6.82. The molecule has 0 bridgehead atoms. The molecule has 0 aromatic heterocycles. The van der Waals surface area contributed by atoms with E-state index in [9.17, 15) is 19.7 Å². The van der Waals surface area contributed by atoms with Gasteiger partial charge in [-0.2, -0.15) is 0 Å². The van der Waals surface area contributed by atoms with Gasteiger partial charge in [-0.25, -0.2) is 4.79 Å². The fourth-order valence-electron chi connectivity index (χ4n) is 4.42. The zero-order valence-electron chi connectivity index (χ0n) is 14.9. The highest BCUT2D eigenvalue weighted by molar-refractivity contribution is 5.90. The number of rotatable bonds is 3. The molecule has 26 heavy (non-hydrogen) atoms. The zero-order chi connectivity index (χ0) is 18.9. The summed E-state index contributed by atoms with van der Waals surface area (Å²) in [7, 11) is 1.30. The van der Waals surface area contributed by atoms with Gasteiger partial charge in [-0.05, 0) is 12.8 Å². The molecule has 0 spiro atoms. The van der Waals surface area contributed by atoms with Crippen molar-refractivity contribution in [3.63, 3.8) is 0 Å². The first-order valence-corrected chi connectivity index (χ1v) is 8.73. The molecule has 2 aliphatic rings. The molecule has 3 atom stereocenters. The van der Waals surface area contributed by atoms with E-state index in [1.54, 1.807) is 23.1 Å². The van der Waals surface area contributed by atoms with Crippen LogP contribution in [0.2, 0.25) is 0 Å². The highest BCUT2D eigenvalue weighted by atomic mass is 16.6. The van der Waals surface area contributed by atoms with Crippen molar-refractivity contribution in [2.45, 2.75) is 38.1 Å². The molecule has 1 unspecified atom stereocenters. The Bertz CT molecular complexity index is 775. The van der Waals surface area contributed by atoms with Gasteiger partial charge in [0.25, 0.3) is 5.69 Å². The Morgan fingerprint density at radius 3 is 2.81 bits per heavy atom. The SMILES string of the molecule is CC[C@]12C=CCN(C(=O)OC)[C@H]1C(c1ccccc1[N+](=O)[O-])C(=O)CC2. The summed E-state index contributed by atoms with van der Waals surface area (Å²) in [4.78, 5) is 37.9. The van der Waals surface area contributed by atoms with E-state index in [0.29, 0.717) is 24.9 Å². The number of nitrogens with zero attached hydrogens (tertiary/aromatic N) is 2. The van der Waals surface area contributed by atoms with Gasteiger partial charge >= 0.3 is 6.09 Å². The van der Waals surface area contributed by atoms with Gasteiger partial charge in [0.2, 0.25) is 0 Å². The second kappa shape index (κ2) is 6.90. The molecule has 7 nitrogen and oxygen atoms in total. The lowest BCUT2D eigenvalue weighted by molar-refractivity contribution is -0.385. The van der Waals surface area contributed by atoms with Gasteiger partial charge in [-0.1, -0.05) is 37.3 Å². The summed E-state index contributed by atoms with van der Waals surface area (Å²) in [5, 5.41) is 11.5. The molecule has 138 valence electrons. The number of ketones is 1. The van der Waals surface area contributed by atoms with Crippen LogP contribution in [-0.2, 0) is 9.53 Å². The van der Waals surface area contributed by atoms with Crippen molar-refractivity contribution < 1.29 is 19.2 Å². The van der Waals surface area contributed by atoms with Gasteiger partial charge in [-0.3, -0.25) is 19.8 Å². The van der Waals surface area contributed by atoms with E-state index in [1.165, 1.54) is 13.2 Å². The van der Waals surface area contributed by atoms with Gasteiger partial charge < -0.3 is 4.74 Å². The summed E-state index contributed by atoms with van der Waals surface area (Å²) in [5.74, 6) is -0.813. The van der Waals surface area contributed by atoms with E-state index >= 15 is 0 Å². The average molecular weight is 358 g/mol. The predicted molar refractivity (Wildman–Crippen MR) is 94.8 cm³/mol. The monoisotopic (exact) mass is 358 g/mol. The lowest BCUT2D eigenvalue weighted by Crippen LogP contribution is -2.58. The normalized spacial score (nSPS) is 27.8. The van der Waals surface area contributed by atoms with Gasteiger partial charge in [0.1, 0.15) is 5.78 Å². The van der Waals surface area contributed by atoms with Crippen molar-refractivity contribution in [3.05, 3.63) is 52.1 Å². The Balaban J connectivity index is 2.19. The van der Waals surface area contributed by atoms with Crippen LogP contribution in [0.15, 0.2) is 36.4 Å². The largest absolute Gasteiger partial charge is 0.453 e. The van der Waals surface area contributed by atoms with Crippen molar-refractivity contribution in [1.82, 2.24) is 4.90 Å². The number of nitro groups is 1. The maximum absolute atomic E-state index is 12.9. The van der Waals surface area contributed by atoms with Crippen molar-refractivity contribution >= 4 is 17.6 Å². The van der Waals surface area contributed by atoms with Crippen LogP contribution in [0, 0.1) is 15.5 Å². The molecule has 1 aromatic carbocycles. The van der Waals surface area contributed by atoms with Crippen LogP contribution >= 0.6 is 0 Å². The van der Waals surface area contributed by atoms with E-state index in [0.717, 1.165) is 6.42 Å². The van der Waals surface area contributed by atoms with Gasteiger partial charge in [0.15, 0.2) is 0 Å². The van der Waals surface area contributed by atoms with Crippen LogP contribution < -0.4 is 0 Å². The van der Waals surface area contributed by atoms with E-state index in [2.05, 4.69) is 6.08 Å². The average Bonchev–Trinajstić information content (AvgIpc) is 2.67. The smallest absolute Gasteiger partial charge is 0.410 e. The minimum atomic E-state index is -0.741. The highest BCUT2D eigenvalue weighted by Gasteiger charge is 2.53. The van der Waals surface area contributed by atoms with E-state index < -0.39 is 28.4 Å². The Labute approximate surface area is 151 Å². The summed E-state index contributed by atoms with van der Waals surface area (Å²) < 4.78 is 4.93. The van der Waals surface area contributed by atoms with Crippen LogP contribution in [0.5, 0.6) is 0 Å². The van der Waals surface area contributed by atoms with Crippen LogP contribution in [0.25, 0.3) is 0 Å². The standard InChI is InChI=1S/C19H22N2O5/c1-3-19-10-6-12-20(18(23)26-2)17(19)16(15(22)9-11-19)13-7-4-5-8-14(13)21(24)25/h4-8,10,16-17H,3,9,11-12H2,1-2H3/t16?,17-,19+/m0/s1. The molecule has 1 aliphatic carbocycles. The quantitative estimate of drug-likeness (QED) is 0.469. The fourth-order valence-corrected chi connectivity index (χ4v) is 4.42. The molecule has 1 aromatic rings. The van der Waals surface area contributed by atoms with Crippen molar-refractivity contribution in [2.24, 2.45) is 5.41 Å². The lowest BCUT2D eigenvalue weighted by atomic mass is 9.60. The molecular formula is C19H22N2O5. The van der Waals surface area contributed by atoms with Crippen LogP contribution in [0.1, 0.15) is 37.7 Å². The number of fused-ring (bicyclic) bond motifs is 1. The number of benzene rings is 1. The summed E-state index contributed by atoms with van der Waals surface area (Å²) in [5.41, 5.74) is -0.110. The Morgan fingerprint density at radius 1 is 1.42 bits per heavy atom. The summed E-state index contributed by atoms with van der Waals surface area (Å²) in [6.07, 6.45) is 5.16. The lowest BCUT2D eigenvalue weighted by Gasteiger charge is -2.51. The van der Waals surface area contributed by atoms with E-state index in [-0.39, 0.29) is 11.5 Å². The number of ether oxygens (including phenoxy) is 1. The van der Waals surface area contributed by atoms with Crippen molar-refractivity contribution in [1.29, 1.82) is 0 Å². The van der Waals surface area contributed by atoms with Crippen LogP contribution in [-0.4, -0.2) is 41.4 Å². The molecule has 1 amide bonds. The molecule has 0 radical (unpaired) electrons. The van der Waals surface area contributed by atoms with Gasteiger partial charge in [0.05, 0.1) is 24.0 Å². The fraction of sp³-hybridized carbons (Fsp3) is 0.474. The van der Waals surface area contributed by atoms with Gasteiger partial charge in [-0.15, -0.1) is 0 Å². The highest BCUT2D eigenvalue weighted by Crippen LogP contribution is 2.51. The molecular weight excluding hydrogens is 336 g/mol. The molecule has 3 rings (SSSR count). The third-order valence-corrected chi connectivity index (χ3v) is 5.71. The zero-order valence-corrected chi connectivity index (χ0v) is 14.9. The number of hydrogen-bond acceptors (Lipinski definition) is 5. The summed E-state index contributed by atoms with van der Waals surface area (Å²) >= 11 is 0. The maximum Gasteiger partial charge on any atom is 0.410 e. The Morgan fingerprint density at radius 2 is 2.15 bits per heavy atom. The number of carbonyl (C=O) groups excluding carboxylic acids is 2. The maximum atomic E-state index is 12.9. The van der Waals surface area contributed by atoms with E-state index in [1.807, 2.05) is 13.0 Å². The number of Topliss-reactive ketones (excluding diaryl/α,β-unsaturated/α-hetero) is 1. The Kier molecular flexibility index (Phi) is 4.80.